The minimum atomic E-state index is 0.115. The normalized spacial score (nSPS) is 9.29. The zero-order chi connectivity index (χ0) is 11.1. The highest BCUT2D eigenvalue weighted by molar-refractivity contribution is 6.32. The van der Waals surface area contributed by atoms with E-state index in [1.165, 1.54) is 0 Å². The van der Waals surface area contributed by atoms with Gasteiger partial charge in [0.1, 0.15) is 5.75 Å². The van der Waals surface area contributed by atoms with Crippen molar-refractivity contribution < 1.29 is 4.74 Å². The summed E-state index contributed by atoms with van der Waals surface area (Å²) in [5.41, 5.74) is 6.23. The van der Waals surface area contributed by atoms with Crippen LogP contribution in [0.5, 0.6) is 5.75 Å². The fourth-order valence-corrected chi connectivity index (χ4v) is 1.03. The molecule has 1 aromatic rings. The van der Waals surface area contributed by atoms with Gasteiger partial charge in [0, 0.05) is 11.8 Å². The summed E-state index contributed by atoms with van der Waals surface area (Å²) in [6, 6.07) is 5.20. The highest BCUT2D eigenvalue weighted by Gasteiger charge is 2.03. The first kappa shape index (κ1) is 13.1. The number of halogens is 1. The molecule has 0 fully saturated rings. The minimum Gasteiger partial charge on any atom is -0.489 e. The van der Waals surface area contributed by atoms with Gasteiger partial charge in [0.2, 0.25) is 0 Å². The molecule has 0 radical (unpaired) electrons. The molecule has 0 aliphatic carbocycles. The van der Waals surface area contributed by atoms with Gasteiger partial charge in [-0.2, -0.15) is 0 Å². The van der Waals surface area contributed by atoms with Gasteiger partial charge < -0.3 is 10.5 Å². The van der Waals surface area contributed by atoms with E-state index in [-0.39, 0.29) is 6.10 Å². The number of rotatable bonds is 2. The van der Waals surface area contributed by atoms with Gasteiger partial charge in [-0.05, 0) is 26.0 Å². The lowest BCUT2D eigenvalue weighted by Gasteiger charge is -2.11. The maximum absolute atomic E-state index is 5.86. The minimum absolute atomic E-state index is 0.115. The van der Waals surface area contributed by atoms with Gasteiger partial charge in [-0.1, -0.05) is 25.4 Å². The van der Waals surface area contributed by atoms with Crippen molar-refractivity contribution in [2.24, 2.45) is 0 Å². The molecule has 0 heterocycles. The molecule has 0 aliphatic rings. The molecule has 1 aromatic carbocycles. The third kappa shape index (κ3) is 4.38. The molecule has 2 nitrogen and oxygen atoms in total. The van der Waals surface area contributed by atoms with E-state index in [1.807, 2.05) is 27.7 Å². The second kappa shape index (κ2) is 6.55. The Balaban J connectivity index is 0.000000791. The van der Waals surface area contributed by atoms with E-state index in [0.29, 0.717) is 16.5 Å². The van der Waals surface area contributed by atoms with E-state index < -0.39 is 0 Å². The third-order valence-corrected chi connectivity index (χ3v) is 1.63. The molecular formula is C11H18ClNO. The second-order valence-electron chi connectivity index (χ2n) is 2.86. The molecule has 0 saturated carbocycles. The van der Waals surface area contributed by atoms with Gasteiger partial charge in [-0.15, -0.1) is 0 Å². The first-order valence-electron chi connectivity index (χ1n) is 4.81. The third-order valence-electron chi connectivity index (χ3n) is 1.32. The predicted octanol–water partition coefficient (Wildman–Crippen LogP) is 3.74. The van der Waals surface area contributed by atoms with Gasteiger partial charge in [0.05, 0.1) is 11.1 Å². The van der Waals surface area contributed by atoms with E-state index in [2.05, 4.69) is 0 Å². The highest BCUT2D eigenvalue weighted by atomic mass is 35.5. The molecule has 0 atom stereocenters. The van der Waals surface area contributed by atoms with Crippen LogP contribution in [0, 0.1) is 0 Å². The lowest BCUT2D eigenvalue weighted by atomic mass is 10.3. The van der Waals surface area contributed by atoms with Crippen LogP contribution in [-0.2, 0) is 0 Å². The van der Waals surface area contributed by atoms with Crippen molar-refractivity contribution >= 4 is 17.3 Å². The molecule has 2 N–H and O–H groups in total. The Morgan fingerprint density at radius 3 is 2.36 bits per heavy atom. The molecule has 0 amide bonds. The zero-order valence-corrected chi connectivity index (χ0v) is 9.93. The van der Waals surface area contributed by atoms with Gasteiger partial charge in [0.25, 0.3) is 0 Å². The Morgan fingerprint density at radius 1 is 1.29 bits per heavy atom. The number of anilines is 1. The molecular weight excluding hydrogens is 198 g/mol. The summed E-state index contributed by atoms with van der Waals surface area (Å²) >= 11 is 5.86. The molecule has 14 heavy (non-hydrogen) atoms. The van der Waals surface area contributed by atoms with Crippen LogP contribution in [0.1, 0.15) is 27.7 Å². The van der Waals surface area contributed by atoms with Gasteiger partial charge >= 0.3 is 0 Å². The quantitative estimate of drug-likeness (QED) is 0.763. The van der Waals surface area contributed by atoms with Crippen molar-refractivity contribution in [1.82, 2.24) is 0 Å². The Kier molecular flexibility index (Phi) is 6.13. The summed E-state index contributed by atoms with van der Waals surface area (Å²) in [4.78, 5) is 0. The van der Waals surface area contributed by atoms with E-state index in [9.17, 15) is 0 Å². The predicted molar refractivity (Wildman–Crippen MR) is 63.0 cm³/mol. The number of hydrogen-bond donors (Lipinski definition) is 1. The largest absolute Gasteiger partial charge is 0.489 e. The molecule has 80 valence electrons. The summed E-state index contributed by atoms with van der Waals surface area (Å²) in [7, 11) is 0. The van der Waals surface area contributed by atoms with Crippen molar-refractivity contribution in [3.63, 3.8) is 0 Å². The SMILES string of the molecule is CC.CC(C)Oc1cc(N)ccc1Cl. The van der Waals surface area contributed by atoms with Crippen molar-refractivity contribution in [1.29, 1.82) is 0 Å². The van der Waals surface area contributed by atoms with Gasteiger partial charge in [-0.25, -0.2) is 0 Å². The summed E-state index contributed by atoms with van der Waals surface area (Å²) in [5.74, 6) is 0.645. The number of nitrogen functional groups attached to an aromatic ring is 1. The molecule has 1 rings (SSSR count). The smallest absolute Gasteiger partial charge is 0.140 e. The Labute approximate surface area is 91.0 Å². The van der Waals surface area contributed by atoms with Crippen molar-refractivity contribution in [2.45, 2.75) is 33.8 Å². The summed E-state index contributed by atoms with van der Waals surface area (Å²) in [6.07, 6.45) is 0.115. The van der Waals surface area contributed by atoms with Crippen molar-refractivity contribution in [2.75, 3.05) is 5.73 Å². The number of benzene rings is 1. The van der Waals surface area contributed by atoms with Crippen LogP contribution in [-0.4, -0.2) is 6.10 Å². The van der Waals surface area contributed by atoms with Crippen molar-refractivity contribution in [3.05, 3.63) is 23.2 Å². The fraction of sp³-hybridized carbons (Fsp3) is 0.455. The van der Waals surface area contributed by atoms with Crippen LogP contribution >= 0.6 is 11.6 Å². The average Bonchev–Trinajstić information content (AvgIpc) is 2.14. The van der Waals surface area contributed by atoms with Crippen LogP contribution in [0.4, 0.5) is 5.69 Å². The molecule has 0 spiro atoms. The number of nitrogens with two attached hydrogens (primary N) is 1. The molecule has 0 aliphatic heterocycles. The summed E-state index contributed by atoms with van der Waals surface area (Å²) in [6.45, 7) is 7.89. The maximum Gasteiger partial charge on any atom is 0.140 e. The topological polar surface area (TPSA) is 35.2 Å². The van der Waals surface area contributed by atoms with Crippen LogP contribution in [0.2, 0.25) is 5.02 Å². The zero-order valence-electron chi connectivity index (χ0n) is 9.17. The monoisotopic (exact) mass is 215 g/mol. The lowest BCUT2D eigenvalue weighted by Crippen LogP contribution is -2.06. The molecule has 0 aromatic heterocycles. The molecule has 0 bridgehead atoms. The van der Waals surface area contributed by atoms with Crippen LogP contribution in [0.3, 0.4) is 0 Å². The summed E-state index contributed by atoms with van der Waals surface area (Å²) in [5, 5.41) is 0.595. The molecule has 0 unspecified atom stereocenters. The first-order chi connectivity index (χ1) is 6.59. The first-order valence-corrected chi connectivity index (χ1v) is 5.19. The van der Waals surface area contributed by atoms with E-state index >= 15 is 0 Å². The van der Waals surface area contributed by atoms with Gasteiger partial charge in [-0.3, -0.25) is 0 Å². The maximum atomic E-state index is 5.86. The summed E-state index contributed by atoms with van der Waals surface area (Å²) < 4.78 is 5.41. The number of ether oxygens (including phenoxy) is 1. The number of hydrogen-bond acceptors (Lipinski definition) is 2. The molecule has 3 heteroatoms. The Hall–Kier alpha value is -0.890. The Bertz CT molecular complexity index is 274. The highest BCUT2D eigenvalue weighted by Crippen LogP contribution is 2.27. The fourth-order valence-electron chi connectivity index (χ4n) is 0.864. The van der Waals surface area contributed by atoms with Crippen LogP contribution in [0.25, 0.3) is 0 Å². The average molecular weight is 216 g/mol. The van der Waals surface area contributed by atoms with Crippen LogP contribution in [0.15, 0.2) is 18.2 Å². The second-order valence-corrected chi connectivity index (χ2v) is 3.26. The molecule has 0 saturated heterocycles. The Morgan fingerprint density at radius 2 is 1.86 bits per heavy atom. The van der Waals surface area contributed by atoms with E-state index in [1.54, 1.807) is 18.2 Å². The van der Waals surface area contributed by atoms with Crippen LogP contribution < -0.4 is 10.5 Å². The van der Waals surface area contributed by atoms with E-state index in [4.69, 9.17) is 22.1 Å². The van der Waals surface area contributed by atoms with E-state index in [0.717, 1.165) is 0 Å². The standard InChI is InChI=1S/C9H12ClNO.C2H6/c1-6(2)12-9-5-7(11)3-4-8(9)10;1-2/h3-6H,11H2,1-2H3;1-2H3. The van der Waals surface area contributed by atoms with Crippen molar-refractivity contribution in [3.8, 4) is 5.75 Å². The van der Waals surface area contributed by atoms with Gasteiger partial charge in [0.15, 0.2) is 0 Å². The lowest BCUT2D eigenvalue weighted by molar-refractivity contribution is 0.243.